The van der Waals surface area contributed by atoms with Crippen LogP contribution in [0.25, 0.3) is 16.5 Å². The Morgan fingerprint density at radius 3 is 2.56 bits per heavy atom. The molecule has 0 fully saturated rings. The molecule has 0 N–H and O–H groups in total. The Morgan fingerprint density at radius 2 is 1.74 bits per heavy atom. The Morgan fingerprint density at radius 1 is 1.00 bits per heavy atom. The van der Waals surface area contributed by atoms with E-state index in [1.807, 2.05) is 55.5 Å². The van der Waals surface area contributed by atoms with Crippen molar-refractivity contribution < 1.29 is 4.79 Å². The Kier molecular flexibility index (Phi) is 4.42. The van der Waals surface area contributed by atoms with Crippen LogP contribution in [0.2, 0.25) is 0 Å². The molecule has 0 saturated carbocycles. The molecule has 0 saturated heterocycles. The van der Waals surface area contributed by atoms with Gasteiger partial charge in [0.05, 0.1) is 5.69 Å². The number of benzene rings is 3. The Balaban J connectivity index is 1.55. The van der Waals surface area contributed by atoms with Gasteiger partial charge >= 0.3 is 0 Å². The van der Waals surface area contributed by atoms with Crippen LogP contribution >= 0.6 is 0 Å². The molecule has 134 valence electrons. The largest absolute Gasteiger partial charge is 0.335 e. The summed E-state index contributed by atoms with van der Waals surface area (Å²) in [5, 5.41) is 6.66. The first-order valence-electron chi connectivity index (χ1n) is 8.82. The summed E-state index contributed by atoms with van der Waals surface area (Å²) < 4.78 is 1.62. The average molecular weight is 356 g/mol. The van der Waals surface area contributed by atoms with Gasteiger partial charge in [-0.15, -0.1) is 5.10 Å². The molecular formula is C22H20N4O. The van der Waals surface area contributed by atoms with Gasteiger partial charge in [0.25, 0.3) is 5.91 Å². The van der Waals surface area contributed by atoms with Crippen LogP contribution in [0, 0.1) is 6.92 Å². The molecule has 1 amide bonds. The fourth-order valence-electron chi connectivity index (χ4n) is 3.11. The van der Waals surface area contributed by atoms with Crippen molar-refractivity contribution in [2.75, 3.05) is 7.05 Å². The van der Waals surface area contributed by atoms with Gasteiger partial charge in [-0.25, -0.2) is 9.67 Å². The molecule has 4 rings (SSSR count). The molecule has 0 bridgehead atoms. The minimum absolute atomic E-state index is 0.193. The van der Waals surface area contributed by atoms with E-state index in [-0.39, 0.29) is 11.7 Å². The van der Waals surface area contributed by atoms with Crippen molar-refractivity contribution in [2.24, 2.45) is 0 Å². The summed E-state index contributed by atoms with van der Waals surface area (Å²) in [7, 11) is 1.77. The number of hydrogen-bond donors (Lipinski definition) is 0. The van der Waals surface area contributed by atoms with Gasteiger partial charge in [0.2, 0.25) is 5.82 Å². The summed E-state index contributed by atoms with van der Waals surface area (Å²) in [6.07, 6.45) is 1.57. The number of aromatic nitrogens is 3. The highest BCUT2D eigenvalue weighted by atomic mass is 16.2. The predicted octanol–water partition coefficient (Wildman–Crippen LogP) is 4.00. The van der Waals surface area contributed by atoms with Gasteiger partial charge in [-0.2, -0.15) is 0 Å². The van der Waals surface area contributed by atoms with Crippen molar-refractivity contribution in [1.82, 2.24) is 19.7 Å². The zero-order chi connectivity index (χ0) is 18.8. The minimum atomic E-state index is -0.200. The fraction of sp³-hybridized carbons (Fsp3) is 0.136. The van der Waals surface area contributed by atoms with Gasteiger partial charge in [0.15, 0.2) is 0 Å². The third-order valence-corrected chi connectivity index (χ3v) is 4.62. The summed E-state index contributed by atoms with van der Waals surface area (Å²) in [6, 6.07) is 22.2. The number of fused-ring (bicyclic) bond motifs is 1. The number of carbonyl (C=O) groups excluding carboxylic acids is 1. The second-order valence-corrected chi connectivity index (χ2v) is 6.65. The van der Waals surface area contributed by atoms with E-state index in [1.54, 1.807) is 23.0 Å². The lowest BCUT2D eigenvalue weighted by Gasteiger charge is -2.16. The van der Waals surface area contributed by atoms with Crippen LogP contribution in [0.3, 0.4) is 0 Å². The number of nitrogens with zero attached hydrogens (tertiary/aromatic N) is 4. The summed E-state index contributed by atoms with van der Waals surface area (Å²) in [6.45, 7) is 2.53. The van der Waals surface area contributed by atoms with Crippen LogP contribution < -0.4 is 0 Å². The molecule has 0 unspecified atom stereocenters. The molecule has 1 aromatic heterocycles. The second-order valence-electron chi connectivity index (χ2n) is 6.65. The summed E-state index contributed by atoms with van der Waals surface area (Å²) in [4.78, 5) is 18.6. The van der Waals surface area contributed by atoms with Crippen molar-refractivity contribution in [3.63, 3.8) is 0 Å². The first kappa shape index (κ1) is 17.0. The lowest BCUT2D eigenvalue weighted by molar-refractivity contribution is 0.0773. The van der Waals surface area contributed by atoms with Crippen LogP contribution in [0.5, 0.6) is 0 Å². The van der Waals surface area contributed by atoms with E-state index in [9.17, 15) is 4.79 Å². The van der Waals surface area contributed by atoms with E-state index in [0.29, 0.717) is 6.54 Å². The van der Waals surface area contributed by atoms with Gasteiger partial charge in [0, 0.05) is 13.6 Å². The molecule has 3 aromatic carbocycles. The number of aryl methyl sites for hydroxylation is 1. The average Bonchev–Trinajstić information content (AvgIpc) is 3.18. The van der Waals surface area contributed by atoms with Gasteiger partial charge in [-0.1, -0.05) is 60.2 Å². The maximum atomic E-state index is 12.8. The molecule has 0 atom stereocenters. The van der Waals surface area contributed by atoms with Crippen LogP contribution in [0.1, 0.15) is 21.7 Å². The smallest absolute Gasteiger partial charge is 0.293 e. The summed E-state index contributed by atoms with van der Waals surface area (Å²) >= 11 is 0. The van der Waals surface area contributed by atoms with Crippen molar-refractivity contribution >= 4 is 16.7 Å². The molecule has 27 heavy (non-hydrogen) atoms. The Labute approximate surface area is 157 Å². The standard InChI is InChI=1S/C22H20N4O/c1-16-10-12-19(13-11-16)26-15-23-21(24-26)22(27)25(2)14-18-8-5-7-17-6-3-4-9-20(17)18/h3-13,15H,14H2,1-2H3. The maximum Gasteiger partial charge on any atom is 0.293 e. The number of rotatable bonds is 4. The first-order chi connectivity index (χ1) is 13.1. The highest BCUT2D eigenvalue weighted by Crippen LogP contribution is 2.20. The van der Waals surface area contributed by atoms with E-state index in [0.717, 1.165) is 22.0 Å². The van der Waals surface area contributed by atoms with Crippen molar-refractivity contribution in [1.29, 1.82) is 0 Å². The Hall–Kier alpha value is -3.47. The third-order valence-electron chi connectivity index (χ3n) is 4.62. The van der Waals surface area contributed by atoms with Gasteiger partial charge < -0.3 is 4.90 Å². The molecule has 0 radical (unpaired) electrons. The molecule has 0 spiro atoms. The van der Waals surface area contributed by atoms with Crippen LogP contribution in [-0.2, 0) is 6.54 Å². The van der Waals surface area contributed by atoms with Gasteiger partial charge in [-0.05, 0) is 35.4 Å². The van der Waals surface area contributed by atoms with Crippen LogP contribution in [-0.4, -0.2) is 32.6 Å². The van der Waals surface area contributed by atoms with Crippen LogP contribution in [0.15, 0.2) is 73.1 Å². The summed E-state index contributed by atoms with van der Waals surface area (Å²) in [5.41, 5.74) is 3.15. The van der Waals surface area contributed by atoms with E-state index >= 15 is 0 Å². The van der Waals surface area contributed by atoms with E-state index < -0.39 is 0 Å². The van der Waals surface area contributed by atoms with E-state index in [4.69, 9.17) is 0 Å². The molecule has 1 heterocycles. The van der Waals surface area contributed by atoms with Gasteiger partial charge in [0.1, 0.15) is 6.33 Å². The van der Waals surface area contributed by atoms with Crippen molar-refractivity contribution in [2.45, 2.75) is 13.5 Å². The maximum absolute atomic E-state index is 12.8. The highest BCUT2D eigenvalue weighted by molar-refractivity contribution is 5.91. The number of hydrogen-bond acceptors (Lipinski definition) is 3. The third kappa shape index (κ3) is 3.44. The van der Waals surface area contributed by atoms with Crippen molar-refractivity contribution in [3.8, 4) is 5.69 Å². The first-order valence-corrected chi connectivity index (χ1v) is 8.82. The molecule has 0 aliphatic heterocycles. The van der Waals surface area contributed by atoms with Crippen molar-refractivity contribution in [3.05, 3.63) is 90.0 Å². The normalized spacial score (nSPS) is 10.9. The monoisotopic (exact) mass is 356 g/mol. The number of carbonyl (C=O) groups is 1. The minimum Gasteiger partial charge on any atom is -0.335 e. The van der Waals surface area contributed by atoms with E-state index in [1.165, 1.54) is 5.56 Å². The van der Waals surface area contributed by atoms with Gasteiger partial charge in [-0.3, -0.25) is 4.79 Å². The molecular weight excluding hydrogens is 336 g/mol. The Bertz CT molecular complexity index is 1090. The topological polar surface area (TPSA) is 51.0 Å². The molecule has 5 heteroatoms. The molecule has 0 aliphatic carbocycles. The quantitative estimate of drug-likeness (QED) is 0.555. The zero-order valence-corrected chi connectivity index (χ0v) is 15.3. The lowest BCUT2D eigenvalue weighted by Crippen LogP contribution is -2.27. The number of amides is 1. The van der Waals surface area contributed by atoms with E-state index in [2.05, 4.69) is 28.3 Å². The zero-order valence-electron chi connectivity index (χ0n) is 15.3. The molecule has 4 aromatic rings. The lowest BCUT2D eigenvalue weighted by atomic mass is 10.0. The highest BCUT2D eigenvalue weighted by Gasteiger charge is 2.18. The molecule has 5 nitrogen and oxygen atoms in total. The predicted molar refractivity (Wildman–Crippen MR) is 106 cm³/mol. The second kappa shape index (κ2) is 7.03. The fourth-order valence-corrected chi connectivity index (χ4v) is 3.11. The molecule has 0 aliphatic rings. The summed E-state index contributed by atoms with van der Waals surface area (Å²) in [5.74, 6) is -0.00731. The van der Waals surface area contributed by atoms with Crippen LogP contribution in [0.4, 0.5) is 0 Å². The SMILES string of the molecule is Cc1ccc(-n2cnc(C(=O)N(C)Cc3cccc4ccccc34)n2)cc1.